The quantitative estimate of drug-likeness (QED) is 0.921. The Balaban J connectivity index is 1.49. The second-order valence-electron chi connectivity index (χ2n) is 6.89. The number of alkyl carbamates (subject to hydrolysis) is 1. The molecule has 1 aliphatic heterocycles. The molecule has 3 rings (SSSR count). The number of carbonyl (C=O) groups is 1. The lowest BCUT2D eigenvalue weighted by atomic mass is 10.0. The van der Waals surface area contributed by atoms with E-state index in [0.717, 1.165) is 29.5 Å². The van der Waals surface area contributed by atoms with Crippen LogP contribution < -0.4 is 10.2 Å². The van der Waals surface area contributed by atoms with E-state index in [2.05, 4.69) is 26.3 Å². The molecule has 6 nitrogen and oxygen atoms in total. The summed E-state index contributed by atoms with van der Waals surface area (Å²) < 4.78 is 5.24. The van der Waals surface area contributed by atoms with Crippen molar-refractivity contribution < 1.29 is 9.53 Å². The van der Waals surface area contributed by atoms with Gasteiger partial charge in [0.15, 0.2) is 0 Å². The van der Waals surface area contributed by atoms with E-state index in [9.17, 15) is 4.79 Å². The largest absolute Gasteiger partial charge is 0.444 e. The third-order valence-electron chi connectivity index (χ3n) is 3.64. The van der Waals surface area contributed by atoms with E-state index in [0.29, 0.717) is 12.5 Å². The van der Waals surface area contributed by atoms with Crippen molar-refractivity contribution in [3.05, 3.63) is 29.9 Å². The smallest absolute Gasteiger partial charge is 0.407 e. The molecule has 0 bridgehead atoms. The van der Waals surface area contributed by atoms with Gasteiger partial charge in [0.1, 0.15) is 17.7 Å². The monoisotopic (exact) mass is 346 g/mol. The van der Waals surface area contributed by atoms with Crippen LogP contribution in [0.4, 0.5) is 10.6 Å². The van der Waals surface area contributed by atoms with E-state index < -0.39 is 5.60 Å². The molecule has 2 aromatic rings. The van der Waals surface area contributed by atoms with Crippen LogP contribution in [0.25, 0.3) is 10.6 Å². The molecule has 128 valence electrons. The van der Waals surface area contributed by atoms with Crippen LogP contribution in [0, 0.1) is 5.92 Å². The first-order chi connectivity index (χ1) is 11.4. The van der Waals surface area contributed by atoms with Gasteiger partial charge in [-0.25, -0.2) is 14.8 Å². The van der Waals surface area contributed by atoms with E-state index in [1.54, 1.807) is 17.7 Å². The molecule has 0 unspecified atom stereocenters. The number of ether oxygens (including phenoxy) is 1. The Morgan fingerprint density at radius 2 is 2.21 bits per heavy atom. The van der Waals surface area contributed by atoms with E-state index in [1.807, 2.05) is 38.3 Å². The van der Waals surface area contributed by atoms with Gasteiger partial charge >= 0.3 is 6.09 Å². The van der Waals surface area contributed by atoms with Crippen LogP contribution in [0.5, 0.6) is 0 Å². The minimum Gasteiger partial charge on any atom is -0.444 e. The molecular weight excluding hydrogens is 324 g/mol. The summed E-state index contributed by atoms with van der Waals surface area (Å²) in [5.74, 6) is 1.35. The first-order valence-electron chi connectivity index (χ1n) is 7.98. The number of rotatable bonds is 4. The molecule has 1 saturated heterocycles. The lowest BCUT2D eigenvalue weighted by Crippen LogP contribution is -2.52. The van der Waals surface area contributed by atoms with Crippen molar-refractivity contribution in [1.82, 2.24) is 15.3 Å². The van der Waals surface area contributed by atoms with Gasteiger partial charge in [0.2, 0.25) is 0 Å². The van der Waals surface area contributed by atoms with Gasteiger partial charge in [-0.15, -0.1) is 11.3 Å². The molecule has 24 heavy (non-hydrogen) atoms. The number of nitrogens with zero attached hydrogens (tertiary/aromatic N) is 3. The zero-order chi connectivity index (χ0) is 17.2. The summed E-state index contributed by atoms with van der Waals surface area (Å²) in [7, 11) is 0. The van der Waals surface area contributed by atoms with Crippen molar-refractivity contribution in [2.45, 2.75) is 26.4 Å². The highest BCUT2D eigenvalue weighted by atomic mass is 32.1. The van der Waals surface area contributed by atoms with Crippen molar-refractivity contribution in [3.8, 4) is 10.6 Å². The summed E-state index contributed by atoms with van der Waals surface area (Å²) in [6, 6.07) is 6.09. The van der Waals surface area contributed by atoms with Crippen molar-refractivity contribution in [2.75, 3.05) is 24.5 Å². The van der Waals surface area contributed by atoms with Crippen LogP contribution in [-0.4, -0.2) is 41.3 Å². The molecule has 0 saturated carbocycles. The zero-order valence-corrected chi connectivity index (χ0v) is 15.0. The van der Waals surface area contributed by atoms with E-state index >= 15 is 0 Å². The van der Waals surface area contributed by atoms with Gasteiger partial charge in [-0.05, 0) is 32.2 Å². The molecule has 2 aromatic heterocycles. The first kappa shape index (κ1) is 16.7. The van der Waals surface area contributed by atoms with Crippen LogP contribution in [0.1, 0.15) is 20.8 Å². The lowest BCUT2D eigenvalue weighted by Gasteiger charge is -2.40. The average Bonchev–Trinajstić information content (AvgIpc) is 2.98. The van der Waals surface area contributed by atoms with Gasteiger partial charge in [0, 0.05) is 31.6 Å². The van der Waals surface area contributed by atoms with Crippen LogP contribution in [0.3, 0.4) is 0 Å². The molecular formula is C17H22N4O2S. The van der Waals surface area contributed by atoms with Crippen LogP contribution >= 0.6 is 11.3 Å². The Kier molecular flexibility index (Phi) is 4.71. The van der Waals surface area contributed by atoms with Crippen molar-refractivity contribution in [2.24, 2.45) is 5.92 Å². The van der Waals surface area contributed by atoms with Gasteiger partial charge in [0.05, 0.1) is 10.6 Å². The van der Waals surface area contributed by atoms with Crippen LogP contribution in [0.2, 0.25) is 0 Å². The second-order valence-corrected chi connectivity index (χ2v) is 7.84. The Labute approximate surface area is 145 Å². The number of carbonyl (C=O) groups excluding carboxylic acids is 1. The van der Waals surface area contributed by atoms with Crippen molar-refractivity contribution in [1.29, 1.82) is 0 Å². The summed E-state index contributed by atoms with van der Waals surface area (Å²) in [6.07, 6.45) is 1.25. The Morgan fingerprint density at radius 1 is 1.42 bits per heavy atom. The number of amides is 1. The van der Waals surface area contributed by atoms with Gasteiger partial charge in [-0.1, -0.05) is 6.07 Å². The fourth-order valence-electron chi connectivity index (χ4n) is 2.51. The molecule has 1 aliphatic rings. The predicted octanol–water partition coefficient (Wildman–Crippen LogP) is 3.17. The minimum absolute atomic E-state index is 0.358. The topological polar surface area (TPSA) is 67.3 Å². The summed E-state index contributed by atoms with van der Waals surface area (Å²) in [4.78, 5) is 23.7. The Hall–Kier alpha value is -2.15. The Morgan fingerprint density at radius 3 is 2.88 bits per heavy atom. The SMILES string of the molecule is CC(C)(C)OC(=O)NCC1CN(c2cc(-c3cccs3)ncn2)C1. The fraction of sp³-hybridized carbons (Fsp3) is 0.471. The van der Waals surface area contributed by atoms with Gasteiger partial charge in [-0.2, -0.15) is 0 Å². The molecule has 0 aromatic carbocycles. The number of nitrogens with one attached hydrogen (secondary N) is 1. The van der Waals surface area contributed by atoms with E-state index in [4.69, 9.17) is 4.74 Å². The summed E-state index contributed by atoms with van der Waals surface area (Å²) in [5, 5.41) is 4.87. The molecule has 3 heterocycles. The highest BCUT2D eigenvalue weighted by Gasteiger charge is 2.29. The fourth-order valence-corrected chi connectivity index (χ4v) is 3.20. The van der Waals surface area contributed by atoms with Gasteiger partial charge in [0.25, 0.3) is 0 Å². The average molecular weight is 346 g/mol. The molecule has 1 fully saturated rings. The molecule has 0 spiro atoms. The normalized spacial score (nSPS) is 15.0. The maximum absolute atomic E-state index is 11.7. The van der Waals surface area contributed by atoms with Crippen molar-refractivity contribution in [3.63, 3.8) is 0 Å². The third-order valence-corrected chi connectivity index (χ3v) is 4.53. The van der Waals surface area contributed by atoms with Crippen molar-refractivity contribution >= 4 is 23.2 Å². The van der Waals surface area contributed by atoms with Crippen LogP contribution in [-0.2, 0) is 4.74 Å². The maximum atomic E-state index is 11.7. The number of aromatic nitrogens is 2. The summed E-state index contributed by atoms with van der Waals surface area (Å²) in [6.45, 7) is 7.94. The van der Waals surface area contributed by atoms with E-state index in [-0.39, 0.29) is 6.09 Å². The minimum atomic E-state index is -0.463. The van der Waals surface area contributed by atoms with Gasteiger partial charge < -0.3 is 15.0 Å². The highest BCUT2D eigenvalue weighted by molar-refractivity contribution is 7.13. The van der Waals surface area contributed by atoms with Crippen LogP contribution in [0.15, 0.2) is 29.9 Å². The number of hydrogen-bond donors (Lipinski definition) is 1. The maximum Gasteiger partial charge on any atom is 0.407 e. The molecule has 1 amide bonds. The van der Waals surface area contributed by atoms with E-state index in [1.165, 1.54) is 0 Å². The standard InChI is InChI=1S/C17H22N4O2S/c1-17(2,3)23-16(22)18-8-12-9-21(10-12)15-7-13(19-11-20-15)14-5-4-6-24-14/h4-7,11-12H,8-10H2,1-3H3,(H,18,22). The number of thiophene rings is 1. The lowest BCUT2D eigenvalue weighted by molar-refractivity contribution is 0.0516. The first-order valence-corrected chi connectivity index (χ1v) is 8.86. The number of anilines is 1. The molecule has 0 atom stereocenters. The number of hydrogen-bond acceptors (Lipinski definition) is 6. The van der Waals surface area contributed by atoms with Gasteiger partial charge in [-0.3, -0.25) is 0 Å². The molecule has 0 radical (unpaired) electrons. The highest BCUT2D eigenvalue weighted by Crippen LogP contribution is 2.28. The molecule has 1 N–H and O–H groups in total. The summed E-state index contributed by atoms with van der Waals surface area (Å²) in [5.41, 5.74) is 0.486. The second kappa shape index (κ2) is 6.76. The third kappa shape index (κ3) is 4.23. The summed E-state index contributed by atoms with van der Waals surface area (Å²) >= 11 is 1.67. The Bertz CT molecular complexity index is 691. The predicted molar refractivity (Wildman–Crippen MR) is 95.3 cm³/mol. The zero-order valence-electron chi connectivity index (χ0n) is 14.2. The molecule has 0 aliphatic carbocycles. The molecule has 7 heteroatoms.